The van der Waals surface area contributed by atoms with E-state index in [-0.39, 0.29) is 36.4 Å². The lowest BCUT2D eigenvalue weighted by molar-refractivity contribution is -0.192. The Morgan fingerprint density at radius 2 is 1.65 bits per heavy atom. The van der Waals surface area contributed by atoms with Crippen LogP contribution < -0.4 is 11.1 Å². The smallest absolute Gasteiger partial charge is 0.478 e. The van der Waals surface area contributed by atoms with Gasteiger partial charge in [0.25, 0.3) is 0 Å². The third kappa shape index (κ3) is 9.56. The molecule has 1 saturated heterocycles. The zero-order valence-corrected chi connectivity index (χ0v) is 19.8. The minimum atomic E-state index is -5.08. The van der Waals surface area contributed by atoms with Crippen molar-refractivity contribution in [3.63, 3.8) is 0 Å². The fourth-order valence-electron chi connectivity index (χ4n) is 3.79. The second kappa shape index (κ2) is 13.4. The fourth-order valence-corrected chi connectivity index (χ4v) is 3.79. The summed E-state index contributed by atoms with van der Waals surface area (Å²) in [6.07, 6.45) is -2.90. The molecular weight excluding hydrogens is 495 g/mol. The van der Waals surface area contributed by atoms with Crippen LogP contribution in [0.1, 0.15) is 40.7 Å². The Labute approximate surface area is 211 Å². The van der Waals surface area contributed by atoms with Crippen LogP contribution in [0, 0.1) is 0 Å². The number of alkyl halides is 3. The number of benzene rings is 2. The van der Waals surface area contributed by atoms with Crippen molar-refractivity contribution in [3.8, 4) is 0 Å². The Morgan fingerprint density at radius 3 is 2.24 bits per heavy atom. The first-order valence-corrected chi connectivity index (χ1v) is 11.4. The van der Waals surface area contributed by atoms with Crippen molar-refractivity contribution in [1.29, 1.82) is 0 Å². The Bertz CT molecular complexity index is 1090. The van der Waals surface area contributed by atoms with E-state index < -0.39 is 24.2 Å². The van der Waals surface area contributed by atoms with Crippen molar-refractivity contribution in [1.82, 2.24) is 10.2 Å². The van der Waals surface area contributed by atoms with Crippen molar-refractivity contribution in [2.45, 2.75) is 50.5 Å². The molecule has 2 aromatic carbocycles. The molecule has 1 unspecified atom stereocenters. The van der Waals surface area contributed by atoms with Gasteiger partial charge in [-0.25, -0.2) is 9.59 Å². The van der Waals surface area contributed by atoms with Crippen LogP contribution in [-0.2, 0) is 27.3 Å². The van der Waals surface area contributed by atoms with Gasteiger partial charge in [-0.3, -0.25) is 9.59 Å². The van der Waals surface area contributed by atoms with Crippen LogP contribution in [-0.4, -0.2) is 63.7 Å². The number of hydrogen-bond donors (Lipinski definition) is 4. The standard InChI is InChI=1S/C23H27N3O4.C2HF3O2/c24-19(13-16-6-2-1-3-7-16)14-21(27)26-11-5-10-20(26)22(28)25-15-17-8-4-9-18(12-17)23(29)30;3-2(4,5)1(6)7/h1-4,6-9,12,19-20H,5,10-11,13-15,24H2,(H,25,28)(H,29,30);(H,6,7)/t19?,20-;/m0./s1. The molecule has 1 heterocycles. The van der Waals surface area contributed by atoms with E-state index in [2.05, 4.69) is 5.32 Å². The van der Waals surface area contributed by atoms with E-state index in [1.165, 1.54) is 12.1 Å². The molecule has 200 valence electrons. The van der Waals surface area contributed by atoms with Gasteiger partial charge in [0.05, 0.1) is 5.56 Å². The first-order valence-electron chi connectivity index (χ1n) is 11.4. The fraction of sp³-hybridized carbons (Fsp3) is 0.360. The predicted molar refractivity (Wildman–Crippen MR) is 126 cm³/mol. The molecular formula is C25H28F3N3O6. The van der Waals surface area contributed by atoms with E-state index in [0.717, 1.165) is 12.0 Å². The zero-order valence-electron chi connectivity index (χ0n) is 19.8. The van der Waals surface area contributed by atoms with Gasteiger partial charge in [-0.1, -0.05) is 42.5 Å². The molecule has 2 aromatic rings. The highest BCUT2D eigenvalue weighted by Gasteiger charge is 2.38. The Hall–Kier alpha value is -3.93. The van der Waals surface area contributed by atoms with E-state index in [4.69, 9.17) is 20.7 Å². The summed E-state index contributed by atoms with van der Waals surface area (Å²) < 4.78 is 31.7. The number of nitrogens with zero attached hydrogens (tertiary/aromatic N) is 1. The van der Waals surface area contributed by atoms with Crippen LogP contribution in [0.3, 0.4) is 0 Å². The summed E-state index contributed by atoms with van der Waals surface area (Å²) in [6.45, 7) is 0.759. The highest BCUT2D eigenvalue weighted by molar-refractivity contribution is 5.89. The van der Waals surface area contributed by atoms with Crippen molar-refractivity contribution in [2.75, 3.05) is 6.54 Å². The molecule has 37 heavy (non-hydrogen) atoms. The van der Waals surface area contributed by atoms with Gasteiger partial charge in [-0.15, -0.1) is 0 Å². The van der Waals surface area contributed by atoms with Crippen molar-refractivity contribution < 1.29 is 42.6 Å². The van der Waals surface area contributed by atoms with Crippen molar-refractivity contribution >= 4 is 23.8 Å². The maximum absolute atomic E-state index is 12.8. The molecule has 3 rings (SSSR count). The highest BCUT2D eigenvalue weighted by Crippen LogP contribution is 2.20. The molecule has 0 radical (unpaired) electrons. The number of carboxylic acids is 2. The maximum atomic E-state index is 12.8. The summed E-state index contributed by atoms with van der Waals surface area (Å²) >= 11 is 0. The van der Waals surface area contributed by atoms with Crippen LogP contribution in [0.25, 0.3) is 0 Å². The first kappa shape index (κ1) is 29.3. The van der Waals surface area contributed by atoms with Gasteiger partial charge in [0.15, 0.2) is 0 Å². The summed E-state index contributed by atoms with van der Waals surface area (Å²) in [6, 6.07) is 15.4. The zero-order chi connectivity index (χ0) is 27.6. The average Bonchev–Trinajstić information content (AvgIpc) is 3.33. The number of nitrogens with one attached hydrogen (secondary N) is 1. The first-order chi connectivity index (χ1) is 17.4. The third-order valence-corrected chi connectivity index (χ3v) is 5.54. The lowest BCUT2D eigenvalue weighted by atomic mass is 10.0. The molecule has 0 spiro atoms. The Balaban J connectivity index is 0.000000604. The SMILES string of the molecule is NC(CC(=O)N1CCC[C@H]1C(=O)NCc1cccc(C(=O)O)c1)Cc1ccccc1.O=C(O)C(F)(F)F. The molecule has 2 atom stereocenters. The minimum Gasteiger partial charge on any atom is -0.478 e. The second-order valence-corrected chi connectivity index (χ2v) is 8.43. The number of likely N-dealkylation sites (tertiary alicyclic amines) is 1. The van der Waals surface area contributed by atoms with Gasteiger partial charge in [-0.2, -0.15) is 13.2 Å². The number of carboxylic acid groups (broad SMARTS) is 2. The molecule has 2 amide bonds. The number of hydrogen-bond acceptors (Lipinski definition) is 5. The summed E-state index contributed by atoms with van der Waals surface area (Å²) in [5, 5.41) is 19.0. The number of halogens is 3. The van der Waals surface area contributed by atoms with E-state index in [1.54, 1.807) is 17.0 Å². The minimum absolute atomic E-state index is 0.107. The molecule has 1 aliphatic heterocycles. The van der Waals surface area contributed by atoms with Crippen LogP contribution >= 0.6 is 0 Å². The molecule has 0 bridgehead atoms. The van der Waals surface area contributed by atoms with E-state index in [1.807, 2.05) is 30.3 Å². The van der Waals surface area contributed by atoms with E-state index in [0.29, 0.717) is 24.9 Å². The molecule has 0 aromatic heterocycles. The maximum Gasteiger partial charge on any atom is 0.490 e. The summed E-state index contributed by atoms with van der Waals surface area (Å²) in [5.74, 6) is -4.10. The molecule has 0 saturated carbocycles. The van der Waals surface area contributed by atoms with Crippen LogP contribution in [0.4, 0.5) is 13.2 Å². The number of amides is 2. The Morgan fingerprint density at radius 1 is 1.03 bits per heavy atom. The van der Waals surface area contributed by atoms with Crippen molar-refractivity contribution in [2.24, 2.45) is 5.73 Å². The summed E-state index contributed by atoms with van der Waals surface area (Å²) in [5.41, 5.74) is 8.12. The monoisotopic (exact) mass is 523 g/mol. The van der Waals surface area contributed by atoms with Gasteiger partial charge < -0.3 is 26.2 Å². The molecule has 1 aliphatic rings. The quantitative estimate of drug-likeness (QED) is 0.415. The van der Waals surface area contributed by atoms with Crippen molar-refractivity contribution in [3.05, 3.63) is 71.3 Å². The van der Waals surface area contributed by atoms with Gasteiger partial charge in [0, 0.05) is 25.6 Å². The second-order valence-electron chi connectivity index (χ2n) is 8.43. The van der Waals surface area contributed by atoms with Gasteiger partial charge in [0.2, 0.25) is 11.8 Å². The number of carbonyl (C=O) groups is 4. The van der Waals surface area contributed by atoms with Crippen LogP contribution in [0.2, 0.25) is 0 Å². The third-order valence-electron chi connectivity index (χ3n) is 5.54. The number of carbonyl (C=O) groups excluding carboxylic acids is 2. The van der Waals surface area contributed by atoms with E-state index in [9.17, 15) is 27.6 Å². The molecule has 9 nitrogen and oxygen atoms in total. The van der Waals surface area contributed by atoms with Crippen LogP contribution in [0.5, 0.6) is 0 Å². The number of aliphatic carboxylic acids is 1. The topological polar surface area (TPSA) is 150 Å². The van der Waals surface area contributed by atoms with Gasteiger partial charge in [0.1, 0.15) is 6.04 Å². The lowest BCUT2D eigenvalue weighted by Crippen LogP contribution is -2.47. The average molecular weight is 524 g/mol. The lowest BCUT2D eigenvalue weighted by Gasteiger charge is -2.25. The molecule has 12 heteroatoms. The summed E-state index contributed by atoms with van der Waals surface area (Å²) in [4.78, 5) is 47.0. The number of nitrogens with two attached hydrogens (primary N) is 1. The molecule has 0 aliphatic carbocycles. The predicted octanol–water partition coefficient (Wildman–Crippen LogP) is 2.59. The van der Waals surface area contributed by atoms with Gasteiger partial charge >= 0.3 is 18.1 Å². The molecule has 5 N–H and O–H groups in total. The van der Waals surface area contributed by atoms with Crippen LogP contribution in [0.15, 0.2) is 54.6 Å². The summed E-state index contributed by atoms with van der Waals surface area (Å²) in [7, 11) is 0. The number of rotatable bonds is 8. The highest BCUT2D eigenvalue weighted by atomic mass is 19.4. The van der Waals surface area contributed by atoms with Gasteiger partial charge in [-0.05, 0) is 42.5 Å². The normalized spacial score (nSPS) is 15.8. The molecule has 1 fully saturated rings. The number of aromatic carboxylic acids is 1. The largest absolute Gasteiger partial charge is 0.490 e. The van der Waals surface area contributed by atoms with E-state index >= 15 is 0 Å². The Kier molecular flexibility index (Phi) is 10.6.